The first-order chi connectivity index (χ1) is 15.1. The van der Waals surface area contributed by atoms with Crippen molar-refractivity contribution in [1.82, 2.24) is 15.3 Å². The molecule has 1 aromatic carbocycles. The Hall–Kier alpha value is -2.51. The summed E-state index contributed by atoms with van der Waals surface area (Å²) in [5.41, 5.74) is 1.76. The van der Waals surface area contributed by atoms with E-state index in [0.29, 0.717) is 25.3 Å². The molecule has 1 amide bonds. The van der Waals surface area contributed by atoms with Crippen molar-refractivity contribution in [2.45, 2.75) is 53.0 Å². The van der Waals surface area contributed by atoms with Gasteiger partial charge in [0.2, 0.25) is 0 Å². The van der Waals surface area contributed by atoms with Crippen LogP contribution in [0.2, 0.25) is 0 Å². The van der Waals surface area contributed by atoms with Crippen LogP contribution in [-0.4, -0.2) is 35.6 Å². The van der Waals surface area contributed by atoms with Crippen molar-refractivity contribution in [3.63, 3.8) is 0 Å². The summed E-state index contributed by atoms with van der Waals surface area (Å²) >= 11 is 1.72. The molecule has 2 aromatic heterocycles. The van der Waals surface area contributed by atoms with E-state index in [2.05, 4.69) is 40.5 Å². The van der Waals surface area contributed by atoms with Crippen molar-refractivity contribution in [3.8, 4) is 0 Å². The third kappa shape index (κ3) is 6.74. The van der Waals surface area contributed by atoms with Crippen LogP contribution in [0.1, 0.15) is 59.7 Å². The van der Waals surface area contributed by atoms with E-state index in [1.54, 1.807) is 11.3 Å². The van der Waals surface area contributed by atoms with Gasteiger partial charge in [0.1, 0.15) is 16.5 Å². The molecule has 0 saturated carbocycles. The zero-order chi connectivity index (χ0) is 22.1. The Bertz CT molecular complexity index is 985. The van der Waals surface area contributed by atoms with Crippen LogP contribution < -0.4 is 10.6 Å². The number of aryl methyl sites for hydroxylation is 2. The Kier molecular flexibility index (Phi) is 8.79. The van der Waals surface area contributed by atoms with Gasteiger partial charge in [0.25, 0.3) is 5.91 Å². The number of carbonyl (C=O) groups excluding carboxylic acids is 1. The van der Waals surface area contributed by atoms with Gasteiger partial charge in [0, 0.05) is 36.7 Å². The molecule has 0 radical (unpaired) electrons. The lowest BCUT2D eigenvalue weighted by atomic mass is 10.1. The van der Waals surface area contributed by atoms with Crippen LogP contribution in [-0.2, 0) is 17.7 Å². The zero-order valence-electron chi connectivity index (χ0n) is 18.7. The number of unbranched alkanes of at least 4 members (excludes halogenated alkanes) is 1. The molecule has 166 valence electrons. The monoisotopic (exact) mass is 440 g/mol. The molecular weight excluding hydrogens is 408 g/mol. The number of hydrogen-bond acceptors (Lipinski definition) is 6. The molecule has 0 unspecified atom stereocenters. The van der Waals surface area contributed by atoms with Gasteiger partial charge in [-0.1, -0.05) is 32.4 Å². The van der Waals surface area contributed by atoms with Crippen molar-refractivity contribution >= 4 is 33.3 Å². The molecule has 0 aliphatic rings. The molecule has 2 heterocycles. The Labute approximate surface area is 188 Å². The number of amides is 1. The molecule has 31 heavy (non-hydrogen) atoms. The maximum atomic E-state index is 12.3. The SMILES string of the molecule is CCCCOCCCNC(=O)c1ccc(CNc2nc(C)nc3sc(CC)cc23)cc1. The summed E-state index contributed by atoms with van der Waals surface area (Å²) in [6, 6.07) is 9.86. The fourth-order valence-electron chi connectivity index (χ4n) is 3.17. The highest BCUT2D eigenvalue weighted by Gasteiger charge is 2.10. The molecule has 0 atom stereocenters. The maximum Gasteiger partial charge on any atom is 0.251 e. The van der Waals surface area contributed by atoms with Crippen LogP contribution in [0.5, 0.6) is 0 Å². The molecule has 6 nitrogen and oxygen atoms in total. The van der Waals surface area contributed by atoms with Crippen molar-refractivity contribution in [2.75, 3.05) is 25.1 Å². The van der Waals surface area contributed by atoms with E-state index in [1.165, 1.54) is 4.88 Å². The van der Waals surface area contributed by atoms with Gasteiger partial charge in [-0.05, 0) is 49.9 Å². The number of fused-ring (bicyclic) bond motifs is 1. The number of nitrogens with zero attached hydrogens (tertiary/aromatic N) is 2. The lowest BCUT2D eigenvalue weighted by Gasteiger charge is -2.09. The first-order valence-corrected chi connectivity index (χ1v) is 11.9. The van der Waals surface area contributed by atoms with Gasteiger partial charge in [0.15, 0.2) is 0 Å². The van der Waals surface area contributed by atoms with Gasteiger partial charge in [0.05, 0.1) is 5.39 Å². The van der Waals surface area contributed by atoms with E-state index >= 15 is 0 Å². The minimum Gasteiger partial charge on any atom is -0.381 e. The van der Waals surface area contributed by atoms with E-state index in [4.69, 9.17) is 4.74 Å². The van der Waals surface area contributed by atoms with Gasteiger partial charge in [-0.25, -0.2) is 9.97 Å². The minimum absolute atomic E-state index is 0.0495. The third-order valence-corrected chi connectivity index (χ3v) is 6.15. The summed E-state index contributed by atoms with van der Waals surface area (Å²) in [7, 11) is 0. The second-order valence-corrected chi connectivity index (χ2v) is 8.65. The Morgan fingerprint density at radius 2 is 1.87 bits per heavy atom. The highest BCUT2D eigenvalue weighted by atomic mass is 32.1. The lowest BCUT2D eigenvalue weighted by molar-refractivity contribution is 0.0940. The van der Waals surface area contributed by atoms with Crippen LogP contribution in [0.25, 0.3) is 10.2 Å². The molecule has 0 spiro atoms. The summed E-state index contributed by atoms with van der Waals surface area (Å²) in [6.45, 7) is 8.96. The van der Waals surface area contributed by atoms with Crippen molar-refractivity contribution in [1.29, 1.82) is 0 Å². The summed E-state index contributed by atoms with van der Waals surface area (Å²) in [5.74, 6) is 1.58. The highest BCUT2D eigenvalue weighted by Crippen LogP contribution is 2.29. The van der Waals surface area contributed by atoms with E-state index < -0.39 is 0 Å². The van der Waals surface area contributed by atoms with Crippen molar-refractivity contribution in [2.24, 2.45) is 0 Å². The van der Waals surface area contributed by atoms with Crippen LogP contribution >= 0.6 is 11.3 Å². The zero-order valence-corrected chi connectivity index (χ0v) is 19.5. The van der Waals surface area contributed by atoms with E-state index in [-0.39, 0.29) is 5.91 Å². The minimum atomic E-state index is -0.0495. The first-order valence-electron chi connectivity index (χ1n) is 11.1. The molecule has 0 bridgehead atoms. The average molecular weight is 441 g/mol. The number of rotatable bonds is 12. The molecule has 3 rings (SSSR count). The second kappa shape index (κ2) is 11.8. The summed E-state index contributed by atoms with van der Waals surface area (Å²) in [4.78, 5) is 23.8. The molecule has 7 heteroatoms. The van der Waals surface area contributed by atoms with Gasteiger partial charge < -0.3 is 15.4 Å². The quantitative estimate of drug-likeness (QED) is 0.383. The average Bonchev–Trinajstić information content (AvgIpc) is 3.20. The molecular formula is C24H32N4O2S. The molecule has 0 saturated heterocycles. The molecule has 2 N–H and O–H groups in total. The largest absolute Gasteiger partial charge is 0.381 e. The maximum absolute atomic E-state index is 12.3. The van der Waals surface area contributed by atoms with Gasteiger partial charge in [-0.2, -0.15) is 0 Å². The molecule has 0 fully saturated rings. The number of hydrogen-bond donors (Lipinski definition) is 2. The van der Waals surface area contributed by atoms with Crippen LogP contribution in [0, 0.1) is 6.92 Å². The fourth-order valence-corrected chi connectivity index (χ4v) is 4.19. The number of thiophene rings is 1. The first kappa shape index (κ1) is 23.2. The van der Waals surface area contributed by atoms with Gasteiger partial charge in [-0.15, -0.1) is 11.3 Å². The predicted molar refractivity (Wildman–Crippen MR) is 128 cm³/mol. The fraction of sp³-hybridized carbons (Fsp3) is 0.458. The van der Waals surface area contributed by atoms with E-state index in [0.717, 1.165) is 59.7 Å². The van der Waals surface area contributed by atoms with Gasteiger partial charge >= 0.3 is 0 Å². The number of anilines is 1. The summed E-state index contributed by atoms with van der Waals surface area (Å²) in [6.07, 6.45) is 4.04. The van der Waals surface area contributed by atoms with Crippen LogP contribution in [0.3, 0.4) is 0 Å². The molecule has 0 aliphatic heterocycles. The molecule has 3 aromatic rings. The number of carbonyl (C=O) groups is 1. The standard InChI is InChI=1S/C24H32N4O2S/c1-4-6-13-30-14-7-12-25-23(29)19-10-8-18(9-11-19)16-26-22-21-15-20(5-2)31-24(21)28-17(3)27-22/h8-11,15H,4-7,12-14,16H2,1-3H3,(H,25,29)(H,26,27,28). The van der Waals surface area contributed by atoms with Crippen LogP contribution in [0.15, 0.2) is 30.3 Å². The topological polar surface area (TPSA) is 76.1 Å². The van der Waals surface area contributed by atoms with Crippen molar-refractivity contribution in [3.05, 3.63) is 52.2 Å². The van der Waals surface area contributed by atoms with Gasteiger partial charge in [-0.3, -0.25) is 4.79 Å². The van der Waals surface area contributed by atoms with Crippen LogP contribution in [0.4, 0.5) is 5.82 Å². The smallest absolute Gasteiger partial charge is 0.251 e. The third-order valence-electron chi connectivity index (χ3n) is 4.97. The lowest BCUT2D eigenvalue weighted by Crippen LogP contribution is -2.25. The predicted octanol–water partition coefficient (Wildman–Crippen LogP) is 5.11. The number of aromatic nitrogens is 2. The van der Waals surface area contributed by atoms with E-state index in [9.17, 15) is 4.79 Å². The summed E-state index contributed by atoms with van der Waals surface area (Å²) < 4.78 is 5.52. The van der Waals surface area contributed by atoms with Crippen molar-refractivity contribution < 1.29 is 9.53 Å². The Morgan fingerprint density at radius 3 is 2.61 bits per heavy atom. The Morgan fingerprint density at radius 1 is 1.10 bits per heavy atom. The number of benzene rings is 1. The molecule has 0 aliphatic carbocycles. The highest BCUT2D eigenvalue weighted by molar-refractivity contribution is 7.18. The van der Waals surface area contributed by atoms with E-state index in [1.807, 2.05) is 31.2 Å². The normalized spacial score (nSPS) is 11.1. The number of nitrogens with one attached hydrogen (secondary N) is 2. The summed E-state index contributed by atoms with van der Waals surface area (Å²) in [5, 5.41) is 7.46. The second-order valence-electron chi connectivity index (χ2n) is 7.53. The number of ether oxygens (including phenoxy) is 1. The Balaban J connectivity index is 1.50.